The van der Waals surface area contributed by atoms with E-state index in [1.165, 1.54) is 35.5 Å². The number of nitrogens with zero attached hydrogens (tertiary/aromatic N) is 2. The van der Waals surface area contributed by atoms with E-state index in [0.717, 1.165) is 6.07 Å². The van der Waals surface area contributed by atoms with Gasteiger partial charge in [-0.15, -0.1) is 0 Å². The van der Waals surface area contributed by atoms with Gasteiger partial charge in [-0.2, -0.15) is 4.31 Å². The van der Waals surface area contributed by atoms with Crippen LogP contribution in [0.1, 0.15) is 17.3 Å². The summed E-state index contributed by atoms with van der Waals surface area (Å²) in [4.78, 5) is 25.9. The molecular formula is C25H23F2N3O4S. The van der Waals surface area contributed by atoms with Crippen molar-refractivity contribution in [1.29, 1.82) is 0 Å². The average Bonchev–Trinajstić information content (AvgIpc) is 2.86. The van der Waals surface area contributed by atoms with Crippen LogP contribution in [0.5, 0.6) is 0 Å². The third-order valence-corrected chi connectivity index (χ3v) is 7.73. The first-order valence-corrected chi connectivity index (χ1v) is 12.3. The maximum absolute atomic E-state index is 14.6. The van der Waals surface area contributed by atoms with E-state index in [1.807, 2.05) is 0 Å². The molecule has 1 N–H and O–H groups in total. The Kier molecular flexibility index (Phi) is 6.95. The lowest BCUT2D eigenvalue weighted by molar-refractivity contribution is -0.129. The Hall–Kier alpha value is -3.63. The minimum atomic E-state index is -3.80. The van der Waals surface area contributed by atoms with Crippen molar-refractivity contribution in [2.24, 2.45) is 0 Å². The molecule has 1 fully saturated rings. The van der Waals surface area contributed by atoms with E-state index in [0.29, 0.717) is 24.7 Å². The van der Waals surface area contributed by atoms with Gasteiger partial charge in [0.15, 0.2) is 0 Å². The molecule has 1 aliphatic heterocycles. The Morgan fingerprint density at radius 2 is 1.51 bits per heavy atom. The first kappa shape index (κ1) is 24.5. The van der Waals surface area contributed by atoms with E-state index in [4.69, 9.17) is 0 Å². The van der Waals surface area contributed by atoms with Crippen LogP contribution in [-0.2, 0) is 14.8 Å². The molecule has 1 saturated heterocycles. The fourth-order valence-corrected chi connectivity index (χ4v) is 5.32. The maximum Gasteiger partial charge on any atom is 0.255 e. The summed E-state index contributed by atoms with van der Waals surface area (Å²) >= 11 is 0. The highest BCUT2D eigenvalue weighted by atomic mass is 32.2. The van der Waals surface area contributed by atoms with E-state index in [-0.39, 0.29) is 40.7 Å². The van der Waals surface area contributed by atoms with Gasteiger partial charge in [0.25, 0.3) is 5.91 Å². The second-order valence-electron chi connectivity index (χ2n) is 8.06. The molecule has 3 aromatic rings. The van der Waals surface area contributed by atoms with Gasteiger partial charge in [-0.1, -0.05) is 30.3 Å². The number of benzene rings is 3. The molecule has 0 bridgehead atoms. The lowest BCUT2D eigenvalue weighted by Gasteiger charge is -2.33. The van der Waals surface area contributed by atoms with Gasteiger partial charge >= 0.3 is 0 Å². The van der Waals surface area contributed by atoms with Crippen LogP contribution in [-0.4, -0.2) is 55.6 Å². The number of carbonyl (C=O) groups excluding carboxylic acids is 2. The number of halogens is 2. The van der Waals surface area contributed by atoms with Crippen LogP contribution in [0.4, 0.5) is 14.5 Å². The number of hydrogen-bond donors (Lipinski definition) is 1. The minimum absolute atomic E-state index is 0.00302. The first-order valence-electron chi connectivity index (χ1n) is 10.9. The zero-order valence-corrected chi connectivity index (χ0v) is 19.7. The number of rotatable bonds is 5. The van der Waals surface area contributed by atoms with Crippen molar-refractivity contribution >= 4 is 27.5 Å². The molecule has 35 heavy (non-hydrogen) atoms. The van der Waals surface area contributed by atoms with Crippen LogP contribution >= 0.6 is 0 Å². The number of nitrogens with one attached hydrogen (secondary N) is 1. The molecule has 7 nitrogen and oxygen atoms in total. The zero-order chi connectivity index (χ0) is 25.2. The molecule has 2 amide bonds. The van der Waals surface area contributed by atoms with Crippen LogP contribution < -0.4 is 5.32 Å². The van der Waals surface area contributed by atoms with Gasteiger partial charge in [0.1, 0.15) is 11.6 Å². The number of carbonyl (C=O) groups is 2. The number of amides is 2. The summed E-state index contributed by atoms with van der Waals surface area (Å²) in [5.74, 6) is -2.49. The van der Waals surface area contributed by atoms with Gasteiger partial charge in [-0.3, -0.25) is 9.59 Å². The molecule has 3 aromatic carbocycles. The van der Waals surface area contributed by atoms with E-state index >= 15 is 0 Å². The molecule has 0 aromatic heterocycles. The van der Waals surface area contributed by atoms with Crippen LogP contribution in [0.15, 0.2) is 71.6 Å². The zero-order valence-electron chi connectivity index (χ0n) is 18.9. The van der Waals surface area contributed by atoms with E-state index in [1.54, 1.807) is 35.2 Å². The van der Waals surface area contributed by atoms with Crippen LogP contribution in [0.25, 0.3) is 11.1 Å². The molecule has 4 rings (SSSR count). The molecule has 1 heterocycles. The highest BCUT2D eigenvalue weighted by molar-refractivity contribution is 7.89. The smallest absolute Gasteiger partial charge is 0.255 e. The fourth-order valence-electron chi connectivity index (χ4n) is 3.90. The summed E-state index contributed by atoms with van der Waals surface area (Å²) in [6.07, 6.45) is 0. The van der Waals surface area contributed by atoms with Crippen molar-refractivity contribution in [1.82, 2.24) is 9.21 Å². The highest BCUT2D eigenvalue weighted by Crippen LogP contribution is 2.32. The van der Waals surface area contributed by atoms with E-state index < -0.39 is 27.6 Å². The Labute approximate surface area is 202 Å². The monoisotopic (exact) mass is 499 g/mol. The largest absolute Gasteiger partial charge is 0.340 e. The third kappa shape index (κ3) is 5.23. The van der Waals surface area contributed by atoms with Crippen molar-refractivity contribution in [2.75, 3.05) is 31.5 Å². The maximum atomic E-state index is 14.6. The van der Waals surface area contributed by atoms with Crippen LogP contribution in [0.2, 0.25) is 0 Å². The van der Waals surface area contributed by atoms with Gasteiger partial charge in [-0.25, -0.2) is 17.2 Å². The second kappa shape index (κ2) is 9.93. The van der Waals surface area contributed by atoms with Gasteiger partial charge < -0.3 is 10.2 Å². The van der Waals surface area contributed by atoms with Crippen molar-refractivity contribution in [2.45, 2.75) is 11.8 Å². The number of piperazine rings is 1. The molecule has 0 aliphatic carbocycles. The normalized spacial score (nSPS) is 14.5. The number of anilines is 1. The van der Waals surface area contributed by atoms with Crippen molar-refractivity contribution in [3.05, 3.63) is 83.9 Å². The lowest BCUT2D eigenvalue weighted by atomic mass is 10.0. The average molecular weight is 500 g/mol. The molecule has 1 aliphatic rings. The summed E-state index contributed by atoms with van der Waals surface area (Å²) in [6, 6.07) is 15.6. The molecule has 0 unspecified atom stereocenters. The Balaban J connectivity index is 1.53. The molecule has 0 spiro atoms. The summed E-state index contributed by atoms with van der Waals surface area (Å²) in [6.45, 7) is 2.41. The summed E-state index contributed by atoms with van der Waals surface area (Å²) < 4.78 is 55.7. The number of sulfonamides is 1. The SMILES string of the molecule is CC(=O)N1CCN(S(=O)(=O)c2ccc(C(=O)Nc3c(F)cc(F)cc3-c3ccccc3)cc2)CC1. The first-order chi connectivity index (χ1) is 16.7. The van der Waals surface area contributed by atoms with Crippen LogP contribution in [0, 0.1) is 11.6 Å². The van der Waals surface area contributed by atoms with E-state index in [9.17, 15) is 26.8 Å². The van der Waals surface area contributed by atoms with Gasteiger partial charge in [0.05, 0.1) is 10.6 Å². The summed E-state index contributed by atoms with van der Waals surface area (Å²) in [7, 11) is -3.80. The Morgan fingerprint density at radius 1 is 0.886 bits per heavy atom. The predicted octanol–water partition coefficient (Wildman–Crippen LogP) is 3.74. The Bertz CT molecular complexity index is 1360. The van der Waals surface area contributed by atoms with Crippen molar-refractivity contribution < 1.29 is 26.8 Å². The van der Waals surface area contributed by atoms with Gasteiger partial charge in [0.2, 0.25) is 15.9 Å². The molecule has 0 atom stereocenters. The molecule has 0 saturated carbocycles. The number of hydrogen-bond acceptors (Lipinski definition) is 4. The quantitative estimate of drug-likeness (QED) is 0.580. The molecule has 0 radical (unpaired) electrons. The predicted molar refractivity (Wildman–Crippen MR) is 127 cm³/mol. The topological polar surface area (TPSA) is 86.8 Å². The van der Waals surface area contributed by atoms with Crippen molar-refractivity contribution in [3.63, 3.8) is 0 Å². The van der Waals surface area contributed by atoms with Gasteiger partial charge in [-0.05, 0) is 35.9 Å². The third-order valence-electron chi connectivity index (χ3n) is 5.82. The standard InChI is InChI=1S/C25H23F2N3O4S/c1-17(31)29-11-13-30(14-12-29)35(33,34)21-9-7-19(8-10-21)25(32)28-24-22(15-20(26)16-23(24)27)18-5-3-2-4-6-18/h2-10,15-16H,11-14H2,1H3,(H,28,32). The van der Waals surface area contributed by atoms with Gasteiger partial charge in [0, 0.05) is 50.3 Å². The van der Waals surface area contributed by atoms with Crippen molar-refractivity contribution in [3.8, 4) is 11.1 Å². The molecular weight excluding hydrogens is 476 g/mol. The second-order valence-corrected chi connectivity index (χ2v) is 10.0. The van der Waals surface area contributed by atoms with Crippen LogP contribution in [0.3, 0.4) is 0 Å². The van der Waals surface area contributed by atoms with E-state index in [2.05, 4.69) is 5.32 Å². The summed E-state index contributed by atoms with van der Waals surface area (Å²) in [5, 5.41) is 2.48. The fraction of sp³-hybridized carbons (Fsp3) is 0.200. The minimum Gasteiger partial charge on any atom is -0.340 e. The summed E-state index contributed by atoms with van der Waals surface area (Å²) in [5.41, 5.74) is 0.628. The molecule has 10 heteroatoms. The highest BCUT2D eigenvalue weighted by Gasteiger charge is 2.29. The Morgan fingerprint density at radius 3 is 2.11 bits per heavy atom. The lowest BCUT2D eigenvalue weighted by Crippen LogP contribution is -2.49. The molecule has 182 valence electrons.